The van der Waals surface area contributed by atoms with Gasteiger partial charge in [0.2, 0.25) is 0 Å². The predicted molar refractivity (Wildman–Crippen MR) is 227 cm³/mol. The van der Waals surface area contributed by atoms with E-state index in [2.05, 4.69) is 217 Å². The summed E-state index contributed by atoms with van der Waals surface area (Å²) in [5.74, 6) is 0.246. The van der Waals surface area contributed by atoms with Gasteiger partial charge in [0.05, 0.1) is 0 Å². The molecule has 0 radical (unpaired) electrons. The number of hydrogen-bond donors (Lipinski definition) is 0. The van der Waals surface area contributed by atoms with Crippen molar-refractivity contribution in [3.05, 3.63) is 224 Å². The van der Waals surface area contributed by atoms with Crippen LogP contribution in [0.1, 0.15) is 108 Å². The van der Waals surface area contributed by atoms with Crippen molar-refractivity contribution in [1.82, 2.24) is 0 Å². The van der Waals surface area contributed by atoms with Gasteiger partial charge in [0.15, 0.2) is 0 Å². The number of allylic oxidation sites excluding steroid dienone is 4. The molecule has 0 aliphatic heterocycles. The summed E-state index contributed by atoms with van der Waals surface area (Å²) in [6.07, 6.45) is 8.33. The van der Waals surface area contributed by atoms with Gasteiger partial charge in [-0.05, 0) is 0 Å². The molecule has 6 aromatic rings. The van der Waals surface area contributed by atoms with Crippen molar-refractivity contribution in [3.63, 3.8) is 0 Å². The first-order valence-electron chi connectivity index (χ1n) is 19.7. The van der Waals surface area contributed by atoms with Gasteiger partial charge in [-0.3, -0.25) is 0 Å². The zero-order valence-electron chi connectivity index (χ0n) is 33.4. The molecule has 0 bridgehead atoms. The van der Waals surface area contributed by atoms with Crippen LogP contribution >= 0.6 is 0 Å². The summed E-state index contributed by atoms with van der Waals surface area (Å²) < 4.78 is 3.74. The van der Waals surface area contributed by atoms with Gasteiger partial charge in [-0.2, -0.15) is 0 Å². The van der Waals surface area contributed by atoms with Crippen molar-refractivity contribution in [3.8, 4) is 11.1 Å². The van der Waals surface area contributed by atoms with Crippen LogP contribution in [0, 0.1) is 0 Å². The first-order valence-corrected chi connectivity index (χ1v) is 23.6. The molecular weight excluding hydrogens is 799 g/mol. The van der Waals surface area contributed by atoms with Crippen molar-refractivity contribution in [2.45, 2.75) is 74.3 Å². The van der Waals surface area contributed by atoms with Crippen LogP contribution in [0.15, 0.2) is 179 Å². The fourth-order valence-corrected chi connectivity index (χ4v) is 18.9. The van der Waals surface area contributed by atoms with E-state index in [0.29, 0.717) is 3.63 Å². The zero-order chi connectivity index (χ0) is 37.5. The van der Waals surface area contributed by atoms with Crippen molar-refractivity contribution < 1.29 is 46.1 Å². The van der Waals surface area contributed by atoms with Crippen LogP contribution in [0.25, 0.3) is 11.1 Å². The summed E-state index contributed by atoms with van der Waals surface area (Å²) in [5, 5.41) is 0. The van der Waals surface area contributed by atoms with Crippen LogP contribution in [-0.2, 0) is 32.1 Å². The molecule has 2 aliphatic rings. The van der Waals surface area contributed by atoms with Gasteiger partial charge >= 0.3 is 334 Å². The Balaban J connectivity index is 0.00000266. The molecule has 0 saturated heterocycles. The molecule has 0 nitrogen and oxygen atoms in total. The first kappa shape index (κ1) is 41.8. The van der Waals surface area contributed by atoms with Gasteiger partial charge in [-0.15, -0.1) is 0 Å². The summed E-state index contributed by atoms with van der Waals surface area (Å²) in [5.41, 5.74) is 14.4. The Bertz CT molecular complexity index is 2130. The van der Waals surface area contributed by atoms with E-state index in [4.69, 9.17) is 0 Å². The third kappa shape index (κ3) is 8.25. The smallest absolute Gasteiger partial charge is 1.00 e. The third-order valence-corrected chi connectivity index (χ3v) is 20.1. The fraction of sp³-hybridized carbons (Fsp3) is 0.226. The van der Waals surface area contributed by atoms with Crippen LogP contribution < -0.4 is 24.8 Å². The van der Waals surface area contributed by atoms with E-state index in [-0.39, 0.29) is 47.5 Å². The largest absolute Gasteiger partial charge is 1.00 e. The van der Waals surface area contributed by atoms with E-state index in [0.717, 1.165) is 6.42 Å². The van der Waals surface area contributed by atoms with Gasteiger partial charge in [0, 0.05) is 0 Å². The monoisotopic (exact) mass is 848 g/mol. The minimum atomic E-state index is -3.09. The molecule has 56 heavy (non-hydrogen) atoms. The van der Waals surface area contributed by atoms with E-state index in [1.165, 1.54) is 44.5 Å². The second kappa shape index (κ2) is 17.3. The van der Waals surface area contributed by atoms with E-state index < -0.39 is 21.3 Å². The number of halogens is 2. The van der Waals surface area contributed by atoms with Gasteiger partial charge in [0.25, 0.3) is 0 Å². The Morgan fingerprint density at radius 2 is 0.857 bits per heavy atom. The summed E-state index contributed by atoms with van der Waals surface area (Å²) >= 11 is -3.09. The maximum atomic E-state index is 2.62. The summed E-state index contributed by atoms with van der Waals surface area (Å²) in [7, 11) is 0. The van der Waals surface area contributed by atoms with E-state index in [1.54, 1.807) is 17.6 Å². The predicted octanol–water partition coefficient (Wildman–Crippen LogP) is 7.66. The molecule has 3 heteroatoms. The Morgan fingerprint density at radius 3 is 1.16 bits per heavy atom. The van der Waals surface area contributed by atoms with Crippen molar-refractivity contribution in [2.24, 2.45) is 0 Å². The van der Waals surface area contributed by atoms with Gasteiger partial charge in [-0.25, -0.2) is 0 Å². The standard InChI is InChI=1S/C27H22.C21H25.C5H5.2ClH.Zr/c1-5-13-22(14-6-1)26(23-15-7-2-8-16-23)21-27(24-17-9-3-10-18-24)25-19-11-4-12-20-25;1-20(2,3)16-7-9-18-14(12-16)11-15-13-17(21(4,5)6)8-10-19(15)18;1-2-4-5-3-1;;;/h1-20,26-27H;7-13H,1-6H3;1-3H,4H2;2*1H;/q;;;;;+2/p-2. The minimum Gasteiger partial charge on any atom is -1.00 e. The number of benzene rings is 6. The number of fused-ring (bicyclic) bond motifs is 3. The van der Waals surface area contributed by atoms with Crippen LogP contribution in [0.4, 0.5) is 0 Å². The third-order valence-electron chi connectivity index (χ3n) is 11.6. The molecule has 0 N–H and O–H groups in total. The Labute approximate surface area is 355 Å². The van der Waals surface area contributed by atoms with Crippen molar-refractivity contribution in [1.29, 1.82) is 0 Å². The maximum absolute atomic E-state index is 3.09. The van der Waals surface area contributed by atoms with Crippen LogP contribution in [0.3, 0.4) is 0 Å². The summed E-state index contributed by atoms with van der Waals surface area (Å²) in [6.45, 7) is 14.2. The van der Waals surface area contributed by atoms with Crippen LogP contribution in [0.2, 0.25) is 0 Å². The minimum absolute atomic E-state index is 0. The molecule has 0 atom stereocenters. The Kier molecular flexibility index (Phi) is 12.9. The second-order valence-electron chi connectivity index (χ2n) is 17.2. The number of rotatable bonds is 8. The van der Waals surface area contributed by atoms with Gasteiger partial charge in [-0.1, -0.05) is 0 Å². The average molecular weight is 851 g/mol. The molecule has 6 aromatic carbocycles. The normalized spacial score (nSPS) is 13.3. The number of hydrogen-bond acceptors (Lipinski definition) is 0. The molecule has 0 unspecified atom stereocenters. The molecule has 0 heterocycles. The van der Waals surface area contributed by atoms with Gasteiger partial charge in [0.1, 0.15) is 0 Å². The van der Waals surface area contributed by atoms with E-state index in [1.807, 2.05) is 0 Å². The zero-order valence-corrected chi connectivity index (χ0v) is 37.4. The van der Waals surface area contributed by atoms with Crippen LogP contribution in [0.5, 0.6) is 0 Å². The summed E-state index contributed by atoms with van der Waals surface area (Å²) in [4.78, 5) is 0. The average Bonchev–Trinajstić information content (AvgIpc) is 3.83. The molecule has 2 aliphatic carbocycles. The van der Waals surface area contributed by atoms with Gasteiger partial charge < -0.3 is 24.8 Å². The molecular formula is C53H52Cl2Zr. The topological polar surface area (TPSA) is 0 Å². The second-order valence-corrected chi connectivity index (χ2v) is 23.7. The van der Waals surface area contributed by atoms with Crippen LogP contribution in [-0.4, -0.2) is 3.21 Å². The molecule has 8 rings (SSSR count). The molecule has 0 spiro atoms. The fourth-order valence-electron chi connectivity index (χ4n) is 8.85. The summed E-state index contributed by atoms with van der Waals surface area (Å²) in [6, 6.07) is 60.7. The molecule has 0 aromatic heterocycles. The van der Waals surface area contributed by atoms with E-state index >= 15 is 0 Å². The first-order chi connectivity index (χ1) is 26.1. The molecule has 0 saturated carbocycles. The molecule has 0 fully saturated rings. The SMILES string of the molecule is CC(C)(C)c1ccc2c(c1)[CH]([Zr+2]([C]1=CC=CC1)=[C](C(c1ccccc1)c1ccccc1)C(c1ccccc1)c1ccccc1)c1cc(C(C)(C)C)ccc1-2.[Cl-].[Cl-]. The van der Waals surface area contributed by atoms with Crippen molar-refractivity contribution in [2.75, 3.05) is 0 Å². The quantitative estimate of drug-likeness (QED) is 0.148. The molecule has 282 valence electrons. The Hall–Kier alpha value is -3.87. The van der Waals surface area contributed by atoms with Crippen molar-refractivity contribution >= 4 is 3.21 Å². The maximum Gasteiger partial charge on any atom is -1.00 e. The van der Waals surface area contributed by atoms with E-state index in [9.17, 15) is 0 Å². The molecule has 0 amide bonds. The Morgan fingerprint density at radius 1 is 0.500 bits per heavy atom.